The fourth-order valence-electron chi connectivity index (χ4n) is 3.56. The van der Waals surface area contributed by atoms with Gasteiger partial charge in [-0.1, -0.05) is 13.3 Å². The summed E-state index contributed by atoms with van der Waals surface area (Å²) in [6, 6.07) is 3.77. The third-order valence-electron chi connectivity index (χ3n) is 5.26. The van der Waals surface area contributed by atoms with Crippen LogP contribution in [0.4, 0.5) is 24.9 Å². The molecule has 0 saturated carbocycles. The van der Waals surface area contributed by atoms with Crippen LogP contribution in [0.15, 0.2) is 16.5 Å². The van der Waals surface area contributed by atoms with E-state index in [-0.39, 0.29) is 18.5 Å². The quantitative estimate of drug-likeness (QED) is 0.421. The molecule has 0 aliphatic heterocycles. The number of pyridine rings is 1. The first-order chi connectivity index (χ1) is 15.1. The minimum Gasteiger partial charge on any atom is -0.454 e. The minimum atomic E-state index is -4.39. The Bertz CT molecular complexity index is 1080. The van der Waals surface area contributed by atoms with E-state index in [2.05, 4.69) is 25.6 Å². The number of fused-ring (bicyclic) bond motifs is 1. The Labute approximate surface area is 184 Å². The summed E-state index contributed by atoms with van der Waals surface area (Å²) >= 11 is 0. The number of nitrogens with one attached hydrogen (secondary N) is 2. The maximum atomic E-state index is 12.7. The molecule has 3 aromatic rings. The number of aliphatic hydroxyl groups is 1. The molecule has 0 saturated heterocycles. The molecule has 3 rings (SSSR count). The molecule has 0 radical (unpaired) electrons. The van der Waals surface area contributed by atoms with Crippen LogP contribution in [-0.2, 0) is 0 Å². The zero-order valence-electron chi connectivity index (χ0n) is 18.6. The van der Waals surface area contributed by atoms with Crippen molar-refractivity contribution in [2.45, 2.75) is 46.7 Å². The monoisotopic (exact) mass is 451 g/mol. The highest BCUT2D eigenvalue weighted by atomic mass is 19.4. The first-order valence-electron chi connectivity index (χ1n) is 10.5. The molecule has 3 aromatic heterocycles. The van der Waals surface area contributed by atoms with E-state index in [1.54, 1.807) is 6.92 Å². The van der Waals surface area contributed by atoms with Crippen LogP contribution in [0.2, 0.25) is 0 Å². The predicted molar refractivity (Wildman–Crippen MR) is 118 cm³/mol. The van der Waals surface area contributed by atoms with Crippen molar-refractivity contribution in [3.8, 4) is 11.3 Å². The second-order valence-electron chi connectivity index (χ2n) is 7.88. The summed E-state index contributed by atoms with van der Waals surface area (Å²) in [6.07, 6.45) is -2.88. The lowest BCUT2D eigenvalue weighted by Gasteiger charge is -2.16. The summed E-state index contributed by atoms with van der Waals surface area (Å²) < 4.78 is 44.1. The summed E-state index contributed by atoms with van der Waals surface area (Å²) in [5.74, 6) is 0.883. The number of aryl methyl sites for hydroxylation is 3. The maximum absolute atomic E-state index is 12.7. The van der Waals surface area contributed by atoms with Crippen LogP contribution in [0.25, 0.3) is 22.3 Å². The van der Waals surface area contributed by atoms with Crippen molar-refractivity contribution in [1.29, 1.82) is 0 Å². The van der Waals surface area contributed by atoms with Crippen LogP contribution < -0.4 is 10.6 Å². The van der Waals surface area contributed by atoms with Crippen LogP contribution in [0.5, 0.6) is 0 Å². The molecule has 0 aliphatic carbocycles. The van der Waals surface area contributed by atoms with E-state index >= 15 is 0 Å². The van der Waals surface area contributed by atoms with Crippen molar-refractivity contribution in [3.05, 3.63) is 29.2 Å². The van der Waals surface area contributed by atoms with Gasteiger partial charge in [-0.25, -0.2) is 4.98 Å². The fourth-order valence-corrected chi connectivity index (χ4v) is 3.56. The molecule has 0 aliphatic rings. The van der Waals surface area contributed by atoms with Gasteiger partial charge in [-0.15, -0.1) is 0 Å². The van der Waals surface area contributed by atoms with Crippen LogP contribution >= 0.6 is 0 Å². The highest BCUT2D eigenvalue weighted by Crippen LogP contribution is 2.35. The van der Waals surface area contributed by atoms with Gasteiger partial charge in [0.1, 0.15) is 18.1 Å². The van der Waals surface area contributed by atoms with Crippen LogP contribution in [0.3, 0.4) is 0 Å². The molecule has 10 heteroatoms. The van der Waals surface area contributed by atoms with Gasteiger partial charge in [0.2, 0.25) is 5.95 Å². The first kappa shape index (κ1) is 23.8. The van der Waals surface area contributed by atoms with Crippen molar-refractivity contribution in [2.24, 2.45) is 5.92 Å². The van der Waals surface area contributed by atoms with E-state index in [0.717, 1.165) is 23.2 Å². The lowest BCUT2D eigenvalue weighted by Crippen LogP contribution is -2.23. The molecule has 7 nitrogen and oxygen atoms in total. The summed E-state index contributed by atoms with van der Waals surface area (Å²) in [7, 11) is 0. The largest absolute Gasteiger partial charge is 0.454 e. The second kappa shape index (κ2) is 9.72. The van der Waals surface area contributed by atoms with Crippen molar-refractivity contribution >= 4 is 22.7 Å². The molecule has 3 N–H and O–H groups in total. The van der Waals surface area contributed by atoms with E-state index in [1.807, 2.05) is 32.9 Å². The summed E-state index contributed by atoms with van der Waals surface area (Å²) in [4.78, 5) is 12.9. The number of nitrogens with zero attached hydrogens (tertiary/aromatic N) is 3. The SMILES string of the molecule is CCC(CO)CCNc1nc(NCC(F)(F)F)nc(C)c1-c1cc2cc(C)nc(C)c2o1. The Morgan fingerprint density at radius 1 is 1.06 bits per heavy atom. The smallest absolute Gasteiger partial charge is 0.405 e. The van der Waals surface area contributed by atoms with Gasteiger partial charge in [0.25, 0.3) is 0 Å². The number of anilines is 2. The van der Waals surface area contributed by atoms with Crippen LogP contribution in [-0.4, -0.2) is 45.9 Å². The van der Waals surface area contributed by atoms with Gasteiger partial charge >= 0.3 is 6.18 Å². The molecule has 32 heavy (non-hydrogen) atoms. The molecule has 3 heterocycles. The summed E-state index contributed by atoms with van der Waals surface area (Å²) in [6.45, 7) is 6.77. The minimum absolute atomic E-state index is 0.0709. The van der Waals surface area contributed by atoms with Crippen LogP contribution in [0.1, 0.15) is 36.8 Å². The van der Waals surface area contributed by atoms with Gasteiger partial charge in [-0.05, 0) is 45.2 Å². The number of furan rings is 1. The number of hydrogen-bond acceptors (Lipinski definition) is 7. The standard InChI is InChI=1S/C22H28F3N5O2/c1-5-15(10-31)6-7-26-20-18(13(3)29-21(30-20)27-11-22(23,24)25)17-9-16-8-12(2)28-14(4)19(16)32-17/h8-9,15,31H,5-7,10-11H2,1-4H3,(H2,26,27,29,30). The molecule has 174 valence electrons. The third kappa shape index (κ3) is 5.67. The lowest BCUT2D eigenvalue weighted by atomic mass is 10.0. The van der Waals surface area contributed by atoms with Crippen LogP contribution in [0, 0.1) is 26.7 Å². The fraction of sp³-hybridized carbons (Fsp3) is 0.500. The van der Waals surface area contributed by atoms with Crippen molar-refractivity contribution in [1.82, 2.24) is 15.0 Å². The Morgan fingerprint density at radius 3 is 2.47 bits per heavy atom. The zero-order valence-corrected chi connectivity index (χ0v) is 18.6. The number of rotatable bonds is 9. The summed E-state index contributed by atoms with van der Waals surface area (Å²) in [5, 5.41) is 15.7. The number of hydrogen-bond donors (Lipinski definition) is 3. The average molecular weight is 451 g/mol. The van der Waals surface area contributed by atoms with Gasteiger partial charge in [-0.2, -0.15) is 18.2 Å². The van der Waals surface area contributed by atoms with Crippen molar-refractivity contribution in [2.75, 3.05) is 30.3 Å². The van der Waals surface area contributed by atoms with E-state index < -0.39 is 12.7 Å². The molecule has 0 spiro atoms. The maximum Gasteiger partial charge on any atom is 0.405 e. The van der Waals surface area contributed by atoms with E-state index in [4.69, 9.17) is 4.42 Å². The van der Waals surface area contributed by atoms with Crippen molar-refractivity contribution < 1.29 is 22.7 Å². The second-order valence-corrected chi connectivity index (χ2v) is 7.88. The highest BCUT2D eigenvalue weighted by molar-refractivity contribution is 5.87. The number of halogens is 3. The third-order valence-corrected chi connectivity index (χ3v) is 5.26. The molecule has 0 bridgehead atoms. The van der Waals surface area contributed by atoms with Gasteiger partial charge < -0.3 is 20.2 Å². The first-order valence-corrected chi connectivity index (χ1v) is 10.5. The topological polar surface area (TPSA) is 96.1 Å². The summed E-state index contributed by atoms with van der Waals surface area (Å²) in [5.41, 5.74) is 3.30. The molecule has 1 unspecified atom stereocenters. The van der Waals surface area contributed by atoms with Gasteiger partial charge in [0.05, 0.1) is 17.0 Å². The van der Waals surface area contributed by atoms with E-state index in [9.17, 15) is 18.3 Å². The Balaban J connectivity index is 2.00. The molecule has 1 atom stereocenters. The number of aromatic nitrogens is 3. The molecule has 0 fully saturated rings. The predicted octanol–water partition coefficient (Wildman–Crippen LogP) is 5.00. The highest BCUT2D eigenvalue weighted by Gasteiger charge is 2.28. The average Bonchev–Trinajstić information content (AvgIpc) is 3.12. The normalized spacial score (nSPS) is 12.9. The molecular weight excluding hydrogens is 423 g/mol. The zero-order chi connectivity index (χ0) is 23.5. The number of aliphatic hydroxyl groups excluding tert-OH is 1. The van der Waals surface area contributed by atoms with Gasteiger partial charge in [-0.3, -0.25) is 4.98 Å². The Kier molecular flexibility index (Phi) is 7.22. The molecule has 0 amide bonds. The van der Waals surface area contributed by atoms with E-state index in [1.165, 1.54) is 0 Å². The van der Waals surface area contributed by atoms with Gasteiger partial charge in [0, 0.05) is 24.2 Å². The Morgan fingerprint density at radius 2 is 1.81 bits per heavy atom. The Hall–Kier alpha value is -2.88. The molecular formula is C22H28F3N5O2. The number of alkyl halides is 3. The van der Waals surface area contributed by atoms with E-state index in [0.29, 0.717) is 41.4 Å². The molecule has 0 aromatic carbocycles. The van der Waals surface area contributed by atoms with Gasteiger partial charge in [0.15, 0.2) is 5.58 Å². The van der Waals surface area contributed by atoms with Crippen molar-refractivity contribution in [3.63, 3.8) is 0 Å². The lowest BCUT2D eigenvalue weighted by molar-refractivity contribution is -0.115.